The molecular formula is C17H27ClN2OS. The molecular weight excluding hydrogens is 316 g/mol. The lowest BCUT2D eigenvalue weighted by molar-refractivity contribution is 0.0692. The highest BCUT2D eigenvalue weighted by molar-refractivity contribution is 7.98. The molecule has 0 aromatic heterocycles. The molecule has 1 saturated heterocycles. The zero-order valence-electron chi connectivity index (χ0n) is 13.5. The number of halogens is 1. The minimum absolute atomic E-state index is 0. The number of carbonyl (C=O) groups excluding carboxylic acids is 1. The largest absolute Gasteiger partial charge is 0.334 e. The van der Waals surface area contributed by atoms with Gasteiger partial charge in [-0.15, -0.1) is 12.4 Å². The molecule has 2 rings (SSSR count). The summed E-state index contributed by atoms with van der Waals surface area (Å²) < 4.78 is 0. The summed E-state index contributed by atoms with van der Waals surface area (Å²) in [6.45, 7) is 7.09. The van der Waals surface area contributed by atoms with Crippen molar-refractivity contribution < 1.29 is 4.79 Å². The number of carbonyl (C=O) groups is 1. The topological polar surface area (TPSA) is 32.3 Å². The zero-order valence-corrected chi connectivity index (χ0v) is 15.1. The van der Waals surface area contributed by atoms with E-state index in [2.05, 4.69) is 36.2 Å². The van der Waals surface area contributed by atoms with E-state index in [1.807, 2.05) is 23.9 Å². The second-order valence-electron chi connectivity index (χ2n) is 5.48. The number of nitrogens with zero attached hydrogens (tertiary/aromatic N) is 1. The van der Waals surface area contributed by atoms with Crippen molar-refractivity contribution in [3.63, 3.8) is 0 Å². The third kappa shape index (κ3) is 5.18. The number of rotatable bonds is 7. The lowest BCUT2D eigenvalue weighted by Gasteiger charge is -2.28. The van der Waals surface area contributed by atoms with Crippen LogP contribution in [-0.2, 0) is 5.75 Å². The summed E-state index contributed by atoms with van der Waals surface area (Å²) in [6, 6.07) is 8.50. The highest BCUT2D eigenvalue weighted by Crippen LogP contribution is 2.17. The summed E-state index contributed by atoms with van der Waals surface area (Å²) in [5, 5.41) is 3.35. The Morgan fingerprint density at radius 2 is 2.05 bits per heavy atom. The predicted octanol–water partition coefficient (Wildman–Crippen LogP) is 3.58. The number of hydrogen-bond acceptors (Lipinski definition) is 3. The zero-order chi connectivity index (χ0) is 15.1. The third-order valence-electron chi connectivity index (χ3n) is 3.87. The number of hydrogen-bond donors (Lipinski definition) is 1. The van der Waals surface area contributed by atoms with Crippen molar-refractivity contribution in [2.75, 3.05) is 25.4 Å². The van der Waals surface area contributed by atoms with Gasteiger partial charge in [0.1, 0.15) is 0 Å². The third-order valence-corrected chi connectivity index (χ3v) is 4.82. The van der Waals surface area contributed by atoms with Gasteiger partial charge in [0.15, 0.2) is 0 Å². The Morgan fingerprint density at radius 3 is 2.59 bits per heavy atom. The van der Waals surface area contributed by atoms with E-state index in [-0.39, 0.29) is 18.3 Å². The Bertz CT molecular complexity index is 446. The van der Waals surface area contributed by atoms with Gasteiger partial charge in [-0.2, -0.15) is 11.8 Å². The Morgan fingerprint density at radius 1 is 1.32 bits per heavy atom. The summed E-state index contributed by atoms with van der Waals surface area (Å²) in [7, 11) is 0. The quantitative estimate of drug-likeness (QED) is 0.822. The fourth-order valence-corrected chi connectivity index (χ4v) is 3.36. The first-order chi connectivity index (χ1) is 10.3. The number of amides is 1. The van der Waals surface area contributed by atoms with Crippen LogP contribution in [0.4, 0.5) is 0 Å². The normalized spacial score (nSPS) is 17.1. The lowest BCUT2D eigenvalue weighted by Crippen LogP contribution is -2.42. The molecule has 1 amide bonds. The van der Waals surface area contributed by atoms with Crippen LogP contribution in [0.25, 0.3) is 0 Å². The Hall–Kier alpha value is -0.710. The van der Waals surface area contributed by atoms with E-state index in [0.717, 1.165) is 49.5 Å². The Balaban J connectivity index is 0.00000242. The van der Waals surface area contributed by atoms with Gasteiger partial charge in [-0.05, 0) is 42.8 Å². The Kier molecular flexibility index (Phi) is 8.91. The molecule has 22 heavy (non-hydrogen) atoms. The average molecular weight is 343 g/mol. The van der Waals surface area contributed by atoms with Crippen LogP contribution in [0, 0.1) is 0 Å². The highest BCUT2D eigenvalue weighted by Gasteiger charge is 2.26. The van der Waals surface area contributed by atoms with Crippen LogP contribution in [0.5, 0.6) is 0 Å². The van der Waals surface area contributed by atoms with Crippen LogP contribution in [0.3, 0.4) is 0 Å². The second-order valence-corrected chi connectivity index (χ2v) is 6.75. The van der Waals surface area contributed by atoms with E-state index >= 15 is 0 Å². The van der Waals surface area contributed by atoms with E-state index in [4.69, 9.17) is 0 Å². The smallest absolute Gasteiger partial charge is 0.254 e. The van der Waals surface area contributed by atoms with Crippen molar-refractivity contribution in [3.05, 3.63) is 35.4 Å². The highest BCUT2D eigenvalue weighted by atomic mass is 35.5. The van der Waals surface area contributed by atoms with Gasteiger partial charge in [0.05, 0.1) is 0 Å². The molecule has 1 aromatic carbocycles. The van der Waals surface area contributed by atoms with E-state index in [0.29, 0.717) is 6.04 Å². The summed E-state index contributed by atoms with van der Waals surface area (Å²) in [6.07, 6.45) is 2.07. The molecule has 0 bridgehead atoms. The van der Waals surface area contributed by atoms with Gasteiger partial charge in [0.2, 0.25) is 0 Å². The summed E-state index contributed by atoms with van der Waals surface area (Å²) in [4.78, 5) is 14.8. The molecule has 1 aliphatic rings. The maximum Gasteiger partial charge on any atom is 0.254 e. The van der Waals surface area contributed by atoms with Crippen molar-refractivity contribution in [3.8, 4) is 0 Å². The molecule has 1 atom stereocenters. The lowest BCUT2D eigenvalue weighted by atomic mass is 10.1. The molecule has 0 aliphatic carbocycles. The van der Waals surface area contributed by atoms with Crippen LogP contribution in [0.1, 0.15) is 42.6 Å². The SMILES string of the molecule is CCCN(C(=O)c1ccc(CSCC)cc1)C1CCNC1.Cl. The second kappa shape index (κ2) is 10.1. The molecule has 0 saturated carbocycles. The maximum absolute atomic E-state index is 12.7. The molecule has 1 heterocycles. The fourth-order valence-electron chi connectivity index (χ4n) is 2.73. The molecule has 1 unspecified atom stereocenters. The van der Waals surface area contributed by atoms with Crippen molar-refractivity contribution in [2.24, 2.45) is 0 Å². The molecule has 124 valence electrons. The molecule has 5 heteroatoms. The van der Waals surface area contributed by atoms with Gasteiger partial charge in [0, 0.05) is 30.4 Å². The number of thioether (sulfide) groups is 1. The van der Waals surface area contributed by atoms with E-state index < -0.39 is 0 Å². The molecule has 3 nitrogen and oxygen atoms in total. The van der Waals surface area contributed by atoms with E-state index in [9.17, 15) is 4.79 Å². The average Bonchev–Trinajstić information content (AvgIpc) is 3.04. The minimum Gasteiger partial charge on any atom is -0.334 e. The molecule has 0 spiro atoms. The van der Waals surface area contributed by atoms with Crippen molar-refractivity contribution in [1.82, 2.24) is 10.2 Å². The van der Waals surface area contributed by atoms with Crippen LogP contribution in [-0.4, -0.2) is 42.2 Å². The van der Waals surface area contributed by atoms with Gasteiger partial charge in [0.25, 0.3) is 5.91 Å². The van der Waals surface area contributed by atoms with Gasteiger partial charge >= 0.3 is 0 Å². The monoisotopic (exact) mass is 342 g/mol. The molecule has 1 N–H and O–H groups in total. The molecule has 1 aromatic rings. The summed E-state index contributed by atoms with van der Waals surface area (Å²) >= 11 is 1.91. The van der Waals surface area contributed by atoms with Crippen LogP contribution in [0.15, 0.2) is 24.3 Å². The first kappa shape index (κ1) is 19.3. The predicted molar refractivity (Wildman–Crippen MR) is 98.1 cm³/mol. The van der Waals surface area contributed by atoms with Gasteiger partial charge < -0.3 is 10.2 Å². The summed E-state index contributed by atoms with van der Waals surface area (Å²) in [5.74, 6) is 2.33. The Labute approximate surface area is 144 Å². The maximum atomic E-state index is 12.7. The van der Waals surface area contributed by atoms with Crippen LogP contribution in [0.2, 0.25) is 0 Å². The molecule has 1 fully saturated rings. The van der Waals surface area contributed by atoms with Crippen molar-refractivity contribution >= 4 is 30.1 Å². The minimum atomic E-state index is 0. The van der Waals surface area contributed by atoms with E-state index in [1.165, 1.54) is 5.56 Å². The van der Waals surface area contributed by atoms with Crippen LogP contribution < -0.4 is 5.32 Å². The molecule has 0 radical (unpaired) electrons. The summed E-state index contributed by atoms with van der Waals surface area (Å²) in [5.41, 5.74) is 2.11. The number of nitrogens with one attached hydrogen (secondary N) is 1. The van der Waals surface area contributed by atoms with Crippen molar-refractivity contribution in [2.45, 2.75) is 38.5 Å². The first-order valence-corrected chi connectivity index (χ1v) is 9.10. The first-order valence-electron chi connectivity index (χ1n) is 7.94. The van der Waals surface area contributed by atoms with Crippen LogP contribution >= 0.6 is 24.2 Å². The molecule has 1 aliphatic heterocycles. The van der Waals surface area contributed by atoms with E-state index in [1.54, 1.807) is 0 Å². The van der Waals surface area contributed by atoms with Gasteiger partial charge in [-0.25, -0.2) is 0 Å². The van der Waals surface area contributed by atoms with Crippen molar-refractivity contribution in [1.29, 1.82) is 0 Å². The standard InChI is InChI=1S/C17H26N2OS.ClH/c1-3-11-19(16-9-10-18-12-16)17(20)15-7-5-14(6-8-15)13-21-4-2;/h5-8,16,18H,3-4,9-13H2,1-2H3;1H. The fraction of sp³-hybridized carbons (Fsp3) is 0.588. The van der Waals surface area contributed by atoms with Gasteiger partial charge in [-0.1, -0.05) is 26.0 Å². The van der Waals surface area contributed by atoms with Gasteiger partial charge in [-0.3, -0.25) is 4.79 Å². The number of benzene rings is 1.